The van der Waals surface area contributed by atoms with Crippen LogP contribution in [-0.2, 0) is 13.6 Å². The van der Waals surface area contributed by atoms with Crippen LogP contribution in [0.4, 0.5) is 5.69 Å². The van der Waals surface area contributed by atoms with Crippen LogP contribution in [0.3, 0.4) is 0 Å². The van der Waals surface area contributed by atoms with Crippen LogP contribution in [0.5, 0.6) is 0 Å². The Morgan fingerprint density at radius 1 is 1.44 bits per heavy atom. The quantitative estimate of drug-likeness (QED) is 0.834. The molecule has 0 spiro atoms. The summed E-state index contributed by atoms with van der Waals surface area (Å²) >= 11 is 0. The van der Waals surface area contributed by atoms with Gasteiger partial charge in [0.25, 0.3) is 0 Å². The topological polar surface area (TPSA) is 66.5 Å². The van der Waals surface area contributed by atoms with Gasteiger partial charge in [-0.2, -0.15) is 10.4 Å². The molecule has 0 unspecified atom stereocenters. The highest BCUT2D eigenvalue weighted by Gasteiger charge is 1.97. The zero-order chi connectivity index (χ0) is 11.4. The summed E-state index contributed by atoms with van der Waals surface area (Å²) in [4.78, 5) is 3.97. The van der Waals surface area contributed by atoms with Crippen molar-refractivity contribution in [3.63, 3.8) is 0 Å². The number of hydrogen-bond donors (Lipinski definition) is 1. The Bertz CT molecular complexity index is 506. The Morgan fingerprint density at radius 3 is 2.88 bits per heavy atom. The summed E-state index contributed by atoms with van der Waals surface area (Å²) in [6, 6.07) is 7.43. The molecular formula is C11H11N5. The standard InChI is InChI=1S/C11H11N5/c1-16-5-4-11(15-16)8-14-10-3-2-9(6-12)13-7-10/h2-5,7,14H,8H2,1H3. The molecule has 0 aromatic carbocycles. The van der Waals surface area contributed by atoms with Crippen LogP contribution >= 0.6 is 0 Å². The van der Waals surface area contributed by atoms with E-state index >= 15 is 0 Å². The fraction of sp³-hybridized carbons (Fsp3) is 0.182. The van der Waals surface area contributed by atoms with Crippen molar-refractivity contribution in [2.45, 2.75) is 6.54 Å². The number of nitrogens with zero attached hydrogens (tertiary/aromatic N) is 4. The van der Waals surface area contributed by atoms with Crippen LogP contribution in [0.2, 0.25) is 0 Å². The summed E-state index contributed by atoms with van der Waals surface area (Å²) in [6.07, 6.45) is 3.54. The molecule has 2 rings (SSSR count). The molecule has 2 aromatic rings. The van der Waals surface area contributed by atoms with Gasteiger partial charge in [-0.1, -0.05) is 0 Å². The molecule has 0 aliphatic carbocycles. The second-order valence-corrected chi connectivity index (χ2v) is 3.38. The van der Waals surface area contributed by atoms with Crippen molar-refractivity contribution in [1.29, 1.82) is 5.26 Å². The number of aryl methyl sites for hydroxylation is 1. The third kappa shape index (κ3) is 2.36. The molecule has 0 aliphatic rings. The van der Waals surface area contributed by atoms with Gasteiger partial charge in [-0.05, 0) is 18.2 Å². The molecule has 0 fully saturated rings. The van der Waals surface area contributed by atoms with Crippen molar-refractivity contribution in [1.82, 2.24) is 14.8 Å². The summed E-state index contributed by atoms with van der Waals surface area (Å²) in [5, 5.41) is 16.0. The molecule has 0 radical (unpaired) electrons. The van der Waals surface area contributed by atoms with Crippen molar-refractivity contribution in [2.24, 2.45) is 7.05 Å². The molecule has 0 aliphatic heterocycles. The first kappa shape index (κ1) is 10.2. The summed E-state index contributed by atoms with van der Waals surface area (Å²) in [6.45, 7) is 0.647. The maximum Gasteiger partial charge on any atom is 0.140 e. The van der Waals surface area contributed by atoms with Crippen LogP contribution in [0.25, 0.3) is 0 Å². The molecule has 80 valence electrons. The second-order valence-electron chi connectivity index (χ2n) is 3.38. The Kier molecular flexibility index (Phi) is 2.83. The number of pyridine rings is 1. The van der Waals surface area contributed by atoms with Gasteiger partial charge in [-0.25, -0.2) is 4.98 Å². The number of hydrogen-bond acceptors (Lipinski definition) is 4. The van der Waals surface area contributed by atoms with Crippen molar-refractivity contribution in [3.8, 4) is 6.07 Å². The third-order valence-corrected chi connectivity index (χ3v) is 2.12. The van der Waals surface area contributed by atoms with E-state index in [1.54, 1.807) is 16.9 Å². The van der Waals surface area contributed by atoms with Gasteiger partial charge in [0.1, 0.15) is 11.8 Å². The lowest BCUT2D eigenvalue weighted by Gasteiger charge is -2.02. The van der Waals surface area contributed by atoms with Gasteiger partial charge in [-0.3, -0.25) is 4.68 Å². The molecule has 0 amide bonds. The number of anilines is 1. The van der Waals surface area contributed by atoms with Crippen LogP contribution in [0.1, 0.15) is 11.4 Å². The maximum atomic E-state index is 8.59. The fourth-order valence-corrected chi connectivity index (χ4v) is 1.31. The fourth-order valence-electron chi connectivity index (χ4n) is 1.31. The van der Waals surface area contributed by atoms with Crippen molar-refractivity contribution >= 4 is 5.69 Å². The largest absolute Gasteiger partial charge is 0.378 e. The monoisotopic (exact) mass is 213 g/mol. The highest BCUT2D eigenvalue weighted by atomic mass is 15.3. The minimum absolute atomic E-state index is 0.420. The lowest BCUT2D eigenvalue weighted by atomic mass is 10.3. The van der Waals surface area contributed by atoms with Crippen LogP contribution in [0.15, 0.2) is 30.6 Å². The molecule has 5 nitrogen and oxygen atoms in total. The zero-order valence-electron chi connectivity index (χ0n) is 8.88. The van der Waals surface area contributed by atoms with Crippen molar-refractivity contribution < 1.29 is 0 Å². The molecule has 0 saturated carbocycles. The predicted octanol–water partition coefficient (Wildman–Crippen LogP) is 1.30. The highest BCUT2D eigenvalue weighted by molar-refractivity contribution is 5.42. The van der Waals surface area contributed by atoms with Crippen LogP contribution in [-0.4, -0.2) is 14.8 Å². The van der Waals surface area contributed by atoms with Gasteiger partial charge in [-0.15, -0.1) is 0 Å². The minimum atomic E-state index is 0.420. The number of aromatic nitrogens is 3. The predicted molar refractivity (Wildman–Crippen MR) is 59.5 cm³/mol. The average molecular weight is 213 g/mol. The van der Waals surface area contributed by atoms with Gasteiger partial charge < -0.3 is 5.32 Å². The van der Waals surface area contributed by atoms with Gasteiger partial charge in [0.2, 0.25) is 0 Å². The van der Waals surface area contributed by atoms with Gasteiger partial charge in [0.05, 0.1) is 24.1 Å². The van der Waals surface area contributed by atoms with E-state index in [1.165, 1.54) is 0 Å². The summed E-state index contributed by atoms with van der Waals surface area (Å²) in [7, 11) is 1.88. The van der Waals surface area contributed by atoms with E-state index in [0.29, 0.717) is 12.2 Å². The maximum absolute atomic E-state index is 8.59. The third-order valence-electron chi connectivity index (χ3n) is 2.12. The summed E-state index contributed by atoms with van der Waals surface area (Å²) in [5.74, 6) is 0. The van der Waals surface area contributed by atoms with E-state index in [1.807, 2.05) is 31.4 Å². The lowest BCUT2D eigenvalue weighted by molar-refractivity contribution is 0.747. The van der Waals surface area contributed by atoms with E-state index in [4.69, 9.17) is 5.26 Å². The molecule has 2 heterocycles. The van der Waals surface area contributed by atoms with E-state index in [2.05, 4.69) is 15.4 Å². The van der Waals surface area contributed by atoms with Crippen LogP contribution in [0, 0.1) is 11.3 Å². The highest BCUT2D eigenvalue weighted by Crippen LogP contribution is 2.07. The molecule has 2 aromatic heterocycles. The van der Waals surface area contributed by atoms with Crippen molar-refractivity contribution in [2.75, 3.05) is 5.32 Å². The first-order chi connectivity index (χ1) is 7.78. The van der Waals surface area contributed by atoms with Gasteiger partial charge in [0, 0.05) is 13.2 Å². The van der Waals surface area contributed by atoms with E-state index in [0.717, 1.165) is 11.4 Å². The van der Waals surface area contributed by atoms with E-state index < -0.39 is 0 Å². The molecular weight excluding hydrogens is 202 g/mol. The first-order valence-corrected chi connectivity index (χ1v) is 4.86. The summed E-state index contributed by atoms with van der Waals surface area (Å²) < 4.78 is 1.76. The van der Waals surface area contributed by atoms with Crippen molar-refractivity contribution in [3.05, 3.63) is 42.0 Å². The van der Waals surface area contributed by atoms with E-state index in [9.17, 15) is 0 Å². The molecule has 5 heteroatoms. The second kappa shape index (κ2) is 4.45. The molecule has 0 saturated heterocycles. The molecule has 16 heavy (non-hydrogen) atoms. The van der Waals surface area contributed by atoms with E-state index in [-0.39, 0.29) is 0 Å². The average Bonchev–Trinajstić information content (AvgIpc) is 2.73. The Balaban J connectivity index is 1.97. The van der Waals surface area contributed by atoms with Gasteiger partial charge in [0.15, 0.2) is 0 Å². The number of rotatable bonds is 3. The first-order valence-electron chi connectivity index (χ1n) is 4.86. The smallest absolute Gasteiger partial charge is 0.140 e. The van der Waals surface area contributed by atoms with Gasteiger partial charge >= 0.3 is 0 Å². The zero-order valence-corrected chi connectivity index (χ0v) is 8.88. The number of nitrogens with one attached hydrogen (secondary N) is 1. The molecule has 1 N–H and O–H groups in total. The minimum Gasteiger partial charge on any atom is -0.378 e. The molecule has 0 bridgehead atoms. The Morgan fingerprint density at radius 2 is 2.31 bits per heavy atom. The molecule has 0 atom stereocenters. The lowest BCUT2D eigenvalue weighted by Crippen LogP contribution is -2.01. The number of nitriles is 1. The van der Waals surface area contributed by atoms with Crippen LogP contribution < -0.4 is 5.32 Å². The normalized spacial score (nSPS) is 9.75. The summed E-state index contributed by atoms with van der Waals surface area (Å²) in [5.41, 5.74) is 2.26. The Labute approximate surface area is 93.4 Å². The SMILES string of the molecule is Cn1ccc(CNc2ccc(C#N)nc2)n1. The Hall–Kier alpha value is -2.35.